The smallest absolute Gasteiger partial charge is 0.221 e. The Kier molecular flexibility index (Phi) is 7.13. The van der Waals surface area contributed by atoms with Gasteiger partial charge in [-0.3, -0.25) is 4.79 Å². The van der Waals surface area contributed by atoms with Crippen LogP contribution in [-0.2, 0) is 17.9 Å². The molecule has 0 fully saturated rings. The molecular weight excluding hydrogens is 466 g/mol. The van der Waals surface area contributed by atoms with Gasteiger partial charge in [-0.1, -0.05) is 78.4 Å². The predicted molar refractivity (Wildman–Crippen MR) is 143 cm³/mol. The fourth-order valence-corrected chi connectivity index (χ4v) is 4.84. The number of para-hydroxylation sites is 1. The van der Waals surface area contributed by atoms with Gasteiger partial charge in [-0.2, -0.15) is 0 Å². The first kappa shape index (κ1) is 24.4. The minimum absolute atomic E-state index is 0.109. The van der Waals surface area contributed by atoms with E-state index in [-0.39, 0.29) is 24.0 Å². The van der Waals surface area contributed by atoms with E-state index in [9.17, 15) is 9.18 Å². The predicted octanol–water partition coefficient (Wildman–Crippen LogP) is 7.11. The zero-order valence-electron chi connectivity index (χ0n) is 20.6. The Bertz CT molecular complexity index is 1520. The van der Waals surface area contributed by atoms with E-state index in [0.29, 0.717) is 18.7 Å². The summed E-state index contributed by atoms with van der Waals surface area (Å²) in [5.74, 6) is -1.24. The first-order chi connectivity index (χ1) is 18.0. The molecule has 0 bridgehead atoms. The molecule has 4 aromatic carbocycles. The second-order valence-corrected chi connectivity index (χ2v) is 9.40. The minimum atomic E-state index is -0.477. The number of aryl methyl sites for hydroxylation is 1. The quantitative estimate of drug-likeness (QED) is 0.245. The number of nitrogens with zero attached hydrogens (tertiary/aromatic N) is 1. The van der Waals surface area contributed by atoms with Gasteiger partial charge in [-0.25, -0.2) is 8.78 Å². The molecule has 0 saturated heterocycles. The van der Waals surface area contributed by atoms with Crippen molar-refractivity contribution in [3.05, 3.63) is 143 Å². The molecular formula is C32H28F2N2O. The molecule has 0 radical (unpaired) electrons. The first-order valence-corrected chi connectivity index (χ1v) is 12.4. The highest BCUT2D eigenvalue weighted by molar-refractivity contribution is 5.87. The molecule has 0 aliphatic heterocycles. The maximum Gasteiger partial charge on any atom is 0.221 e. The molecule has 0 aliphatic carbocycles. The summed E-state index contributed by atoms with van der Waals surface area (Å²) >= 11 is 0. The lowest BCUT2D eigenvalue weighted by atomic mass is 9.87. The van der Waals surface area contributed by atoms with Crippen LogP contribution in [0.25, 0.3) is 10.9 Å². The van der Waals surface area contributed by atoms with Gasteiger partial charge in [0, 0.05) is 42.5 Å². The van der Waals surface area contributed by atoms with Crippen LogP contribution in [-0.4, -0.2) is 10.5 Å². The van der Waals surface area contributed by atoms with Gasteiger partial charge in [0.15, 0.2) is 0 Å². The molecule has 0 saturated carbocycles. The summed E-state index contributed by atoms with van der Waals surface area (Å²) in [4.78, 5) is 13.2. The number of nitrogens with one attached hydrogen (secondary N) is 1. The summed E-state index contributed by atoms with van der Waals surface area (Å²) < 4.78 is 30.8. The molecule has 37 heavy (non-hydrogen) atoms. The third-order valence-electron chi connectivity index (χ3n) is 6.71. The van der Waals surface area contributed by atoms with Crippen molar-refractivity contribution in [2.75, 3.05) is 0 Å². The summed E-state index contributed by atoms with van der Waals surface area (Å²) in [6.45, 7) is 2.87. The van der Waals surface area contributed by atoms with Gasteiger partial charge in [-0.05, 0) is 53.4 Å². The van der Waals surface area contributed by atoms with Crippen LogP contribution in [0.5, 0.6) is 0 Å². The summed E-state index contributed by atoms with van der Waals surface area (Å²) in [5, 5.41) is 3.96. The molecule has 0 unspecified atom stereocenters. The molecule has 1 atom stereocenters. The van der Waals surface area contributed by atoms with Crippen LogP contribution in [0.2, 0.25) is 0 Å². The highest BCUT2D eigenvalue weighted by atomic mass is 19.1. The van der Waals surface area contributed by atoms with Crippen LogP contribution in [0.4, 0.5) is 8.78 Å². The Hall–Kier alpha value is -4.25. The third kappa shape index (κ3) is 5.61. The third-order valence-corrected chi connectivity index (χ3v) is 6.71. The van der Waals surface area contributed by atoms with E-state index in [4.69, 9.17) is 0 Å². The van der Waals surface area contributed by atoms with E-state index >= 15 is 4.39 Å². The molecule has 5 heteroatoms. The standard InChI is InChI=1S/C32H28F2N2O/c1-22-11-16-30(34)28(17-22)27(18-32(37)35-19-23-7-3-2-4-8-23)29-21-36(31-10-6-5-9-26(29)31)20-24-12-14-25(33)15-13-24/h2-17,21,27H,18-20H2,1H3,(H,35,37)/t27-/m1/s1. The lowest BCUT2D eigenvalue weighted by molar-refractivity contribution is -0.121. The van der Waals surface area contributed by atoms with Crippen molar-refractivity contribution in [2.45, 2.75) is 32.4 Å². The van der Waals surface area contributed by atoms with Gasteiger partial charge >= 0.3 is 0 Å². The maximum atomic E-state index is 15.2. The fraction of sp³-hybridized carbons (Fsp3) is 0.156. The van der Waals surface area contributed by atoms with Crippen molar-refractivity contribution < 1.29 is 13.6 Å². The number of hydrogen-bond donors (Lipinski definition) is 1. The summed E-state index contributed by atoms with van der Waals surface area (Å²) in [6, 6.07) is 29.1. The molecule has 3 nitrogen and oxygen atoms in total. The van der Waals surface area contributed by atoms with Crippen LogP contribution in [0, 0.1) is 18.6 Å². The summed E-state index contributed by atoms with van der Waals surface area (Å²) in [6.07, 6.45) is 2.11. The van der Waals surface area contributed by atoms with Gasteiger partial charge in [0.1, 0.15) is 11.6 Å². The largest absolute Gasteiger partial charge is 0.352 e. The minimum Gasteiger partial charge on any atom is -0.352 e. The number of fused-ring (bicyclic) bond motifs is 1. The lowest BCUT2D eigenvalue weighted by Crippen LogP contribution is -2.25. The number of carbonyl (C=O) groups excluding carboxylic acids is 1. The van der Waals surface area contributed by atoms with Crippen LogP contribution >= 0.6 is 0 Å². The van der Waals surface area contributed by atoms with Crippen LogP contribution < -0.4 is 5.32 Å². The molecule has 1 heterocycles. The normalized spacial score (nSPS) is 12.0. The summed E-state index contributed by atoms with van der Waals surface area (Å²) in [7, 11) is 0. The fourth-order valence-electron chi connectivity index (χ4n) is 4.84. The summed E-state index contributed by atoms with van der Waals surface area (Å²) in [5.41, 5.74) is 5.25. The number of amides is 1. The van der Waals surface area contributed by atoms with Crippen LogP contribution in [0.3, 0.4) is 0 Å². The van der Waals surface area contributed by atoms with Gasteiger partial charge in [-0.15, -0.1) is 0 Å². The monoisotopic (exact) mass is 494 g/mol. The van der Waals surface area contributed by atoms with E-state index in [1.165, 1.54) is 18.2 Å². The van der Waals surface area contributed by atoms with Crippen LogP contribution in [0.15, 0.2) is 103 Å². The molecule has 0 aliphatic rings. The Labute approximate surface area is 215 Å². The van der Waals surface area contributed by atoms with E-state index in [2.05, 4.69) is 9.88 Å². The molecule has 1 aromatic heterocycles. The average molecular weight is 495 g/mol. The van der Waals surface area contributed by atoms with Crippen molar-refractivity contribution in [2.24, 2.45) is 0 Å². The number of benzene rings is 4. The Balaban J connectivity index is 1.53. The molecule has 1 N–H and O–H groups in total. The Morgan fingerprint density at radius 3 is 2.35 bits per heavy atom. The molecule has 5 rings (SSSR count). The van der Waals surface area contributed by atoms with Crippen molar-refractivity contribution in [1.29, 1.82) is 0 Å². The van der Waals surface area contributed by atoms with E-state index < -0.39 is 5.92 Å². The highest BCUT2D eigenvalue weighted by Crippen LogP contribution is 2.36. The van der Waals surface area contributed by atoms with Crippen molar-refractivity contribution in [1.82, 2.24) is 9.88 Å². The second kappa shape index (κ2) is 10.8. The van der Waals surface area contributed by atoms with Crippen LogP contribution in [0.1, 0.15) is 40.2 Å². The topological polar surface area (TPSA) is 34.0 Å². The van der Waals surface area contributed by atoms with Gasteiger partial charge in [0.25, 0.3) is 0 Å². The Morgan fingerprint density at radius 1 is 0.838 bits per heavy atom. The van der Waals surface area contributed by atoms with E-state index in [1.807, 2.05) is 73.8 Å². The van der Waals surface area contributed by atoms with Gasteiger partial charge in [0.05, 0.1) is 0 Å². The molecule has 186 valence electrons. The second-order valence-electron chi connectivity index (χ2n) is 9.40. The number of aromatic nitrogens is 1. The van der Waals surface area contributed by atoms with E-state index in [0.717, 1.165) is 33.2 Å². The zero-order valence-corrected chi connectivity index (χ0v) is 20.6. The van der Waals surface area contributed by atoms with Gasteiger partial charge in [0.2, 0.25) is 5.91 Å². The maximum absolute atomic E-state index is 15.2. The van der Waals surface area contributed by atoms with Gasteiger partial charge < -0.3 is 9.88 Å². The zero-order chi connectivity index (χ0) is 25.8. The van der Waals surface area contributed by atoms with Crippen molar-refractivity contribution in [3.63, 3.8) is 0 Å². The highest BCUT2D eigenvalue weighted by Gasteiger charge is 2.25. The molecule has 0 spiro atoms. The average Bonchev–Trinajstić information content (AvgIpc) is 3.27. The van der Waals surface area contributed by atoms with Crippen molar-refractivity contribution in [3.8, 4) is 0 Å². The molecule has 1 amide bonds. The number of carbonyl (C=O) groups is 1. The van der Waals surface area contributed by atoms with E-state index in [1.54, 1.807) is 18.2 Å². The number of hydrogen-bond acceptors (Lipinski definition) is 1. The number of halogens is 2. The number of rotatable bonds is 8. The Morgan fingerprint density at radius 2 is 1.57 bits per heavy atom. The first-order valence-electron chi connectivity index (χ1n) is 12.4. The SMILES string of the molecule is Cc1ccc(F)c([C@@H](CC(=O)NCc2ccccc2)c2cn(Cc3ccc(F)cc3)c3ccccc23)c1. The van der Waals surface area contributed by atoms with Crippen molar-refractivity contribution >= 4 is 16.8 Å². The lowest BCUT2D eigenvalue weighted by Gasteiger charge is -2.19. The molecule has 5 aromatic rings.